The third-order valence-electron chi connectivity index (χ3n) is 3.51. The third-order valence-corrected chi connectivity index (χ3v) is 4.31. The summed E-state index contributed by atoms with van der Waals surface area (Å²) in [6.07, 6.45) is 1.87. The Morgan fingerprint density at radius 3 is 2.89 bits per heavy atom. The standard InChI is InChI=1S/C15H13BrClNO/c16-9-4-6-14(12(17)8-9)18-13-7-5-11-10(13)2-1-3-15(11)19/h1-4,6,8,13,18-19H,5,7H2. The fourth-order valence-corrected chi connectivity index (χ4v) is 3.31. The van der Waals surface area contributed by atoms with Crippen LogP contribution in [-0.2, 0) is 6.42 Å². The Kier molecular flexibility index (Phi) is 3.42. The number of nitrogens with one attached hydrogen (secondary N) is 1. The van der Waals surface area contributed by atoms with Gasteiger partial charge in [0, 0.05) is 4.47 Å². The summed E-state index contributed by atoms with van der Waals surface area (Å²) in [5.41, 5.74) is 3.14. The monoisotopic (exact) mass is 337 g/mol. The first kappa shape index (κ1) is 12.8. The van der Waals surface area contributed by atoms with Gasteiger partial charge in [0.15, 0.2) is 0 Å². The van der Waals surface area contributed by atoms with E-state index in [1.807, 2.05) is 24.3 Å². The maximum absolute atomic E-state index is 9.85. The lowest BCUT2D eigenvalue weighted by Gasteiger charge is -2.17. The summed E-state index contributed by atoms with van der Waals surface area (Å²) in [4.78, 5) is 0. The molecule has 1 aliphatic rings. The van der Waals surface area contributed by atoms with Crippen LogP contribution in [0.4, 0.5) is 5.69 Å². The molecular formula is C15H13BrClNO. The summed E-state index contributed by atoms with van der Waals surface area (Å²) in [6, 6.07) is 11.7. The lowest BCUT2D eigenvalue weighted by Crippen LogP contribution is -2.07. The molecule has 0 saturated heterocycles. The molecule has 0 aliphatic heterocycles. The van der Waals surface area contributed by atoms with Crippen LogP contribution in [0.2, 0.25) is 5.02 Å². The summed E-state index contributed by atoms with van der Waals surface area (Å²) < 4.78 is 0.965. The van der Waals surface area contributed by atoms with Gasteiger partial charge in [-0.05, 0) is 48.2 Å². The Balaban J connectivity index is 1.89. The molecule has 2 aromatic rings. The molecule has 0 saturated carbocycles. The zero-order valence-electron chi connectivity index (χ0n) is 10.2. The first-order valence-corrected chi connectivity index (χ1v) is 7.34. The molecule has 1 atom stereocenters. The quantitative estimate of drug-likeness (QED) is 0.815. The molecule has 2 N–H and O–H groups in total. The average Bonchev–Trinajstić information content (AvgIpc) is 2.78. The minimum atomic E-state index is 0.209. The van der Waals surface area contributed by atoms with Crippen molar-refractivity contribution in [2.75, 3.05) is 5.32 Å². The molecule has 2 nitrogen and oxygen atoms in total. The van der Waals surface area contributed by atoms with Gasteiger partial charge in [-0.15, -0.1) is 0 Å². The number of hydrogen-bond donors (Lipinski definition) is 2. The molecule has 0 fully saturated rings. The minimum Gasteiger partial charge on any atom is -0.508 e. The fraction of sp³-hybridized carbons (Fsp3) is 0.200. The van der Waals surface area contributed by atoms with Crippen molar-refractivity contribution in [3.8, 4) is 5.75 Å². The van der Waals surface area contributed by atoms with Crippen molar-refractivity contribution in [1.29, 1.82) is 0 Å². The van der Waals surface area contributed by atoms with E-state index in [0.29, 0.717) is 10.8 Å². The van der Waals surface area contributed by atoms with Crippen molar-refractivity contribution in [2.45, 2.75) is 18.9 Å². The number of phenols is 1. The number of rotatable bonds is 2. The smallest absolute Gasteiger partial charge is 0.119 e. The second-order valence-electron chi connectivity index (χ2n) is 4.70. The van der Waals surface area contributed by atoms with Gasteiger partial charge in [0.1, 0.15) is 5.75 Å². The molecule has 0 bridgehead atoms. The maximum Gasteiger partial charge on any atom is 0.119 e. The predicted octanol–water partition coefficient (Wildman–Crippen LogP) is 4.91. The van der Waals surface area contributed by atoms with Crippen LogP contribution < -0.4 is 5.32 Å². The van der Waals surface area contributed by atoms with E-state index in [9.17, 15) is 5.11 Å². The van der Waals surface area contributed by atoms with Crippen LogP contribution in [0.5, 0.6) is 5.75 Å². The number of anilines is 1. The van der Waals surface area contributed by atoms with Gasteiger partial charge < -0.3 is 10.4 Å². The van der Waals surface area contributed by atoms with E-state index in [1.165, 1.54) is 5.56 Å². The molecular weight excluding hydrogens is 326 g/mol. The topological polar surface area (TPSA) is 32.3 Å². The molecule has 1 aliphatic carbocycles. The Bertz CT molecular complexity index is 630. The van der Waals surface area contributed by atoms with Crippen molar-refractivity contribution < 1.29 is 5.11 Å². The molecule has 98 valence electrons. The normalized spacial score (nSPS) is 17.3. The van der Waals surface area contributed by atoms with Crippen LogP contribution in [0.1, 0.15) is 23.6 Å². The number of phenolic OH excluding ortho intramolecular Hbond substituents is 1. The highest BCUT2D eigenvalue weighted by Gasteiger charge is 2.24. The molecule has 1 unspecified atom stereocenters. The molecule has 0 amide bonds. The summed E-state index contributed by atoms with van der Waals surface area (Å²) in [7, 11) is 0. The number of hydrogen-bond acceptors (Lipinski definition) is 2. The molecule has 0 spiro atoms. The van der Waals surface area contributed by atoms with E-state index in [1.54, 1.807) is 6.07 Å². The maximum atomic E-state index is 9.85. The second kappa shape index (κ2) is 5.06. The van der Waals surface area contributed by atoms with Crippen LogP contribution >= 0.6 is 27.5 Å². The van der Waals surface area contributed by atoms with Crippen molar-refractivity contribution >= 4 is 33.2 Å². The number of benzene rings is 2. The second-order valence-corrected chi connectivity index (χ2v) is 6.03. The predicted molar refractivity (Wildman–Crippen MR) is 81.9 cm³/mol. The van der Waals surface area contributed by atoms with Gasteiger partial charge in [0.2, 0.25) is 0 Å². The highest BCUT2D eigenvalue weighted by atomic mass is 79.9. The fourth-order valence-electron chi connectivity index (χ4n) is 2.58. The van der Waals surface area contributed by atoms with Crippen LogP contribution in [0, 0.1) is 0 Å². The van der Waals surface area contributed by atoms with Gasteiger partial charge in [-0.1, -0.05) is 39.7 Å². The van der Waals surface area contributed by atoms with Crippen molar-refractivity contribution in [2.24, 2.45) is 0 Å². The minimum absolute atomic E-state index is 0.209. The largest absolute Gasteiger partial charge is 0.508 e. The van der Waals surface area contributed by atoms with Crippen LogP contribution in [0.15, 0.2) is 40.9 Å². The van der Waals surface area contributed by atoms with Gasteiger partial charge in [0.05, 0.1) is 16.8 Å². The van der Waals surface area contributed by atoms with Gasteiger partial charge in [0.25, 0.3) is 0 Å². The lowest BCUT2D eigenvalue weighted by molar-refractivity contribution is 0.469. The highest BCUT2D eigenvalue weighted by Crippen LogP contribution is 2.39. The van der Waals surface area contributed by atoms with Crippen LogP contribution in [0.25, 0.3) is 0 Å². The SMILES string of the molecule is Oc1cccc2c1CCC2Nc1ccc(Br)cc1Cl. The van der Waals surface area contributed by atoms with Crippen molar-refractivity contribution in [3.63, 3.8) is 0 Å². The summed E-state index contributed by atoms with van der Waals surface area (Å²) in [6.45, 7) is 0. The molecule has 19 heavy (non-hydrogen) atoms. The Labute approximate surface area is 125 Å². The molecule has 0 aromatic heterocycles. The van der Waals surface area contributed by atoms with E-state index in [0.717, 1.165) is 28.6 Å². The van der Waals surface area contributed by atoms with E-state index in [2.05, 4.69) is 27.3 Å². The average molecular weight is 339 g/mol. The van der Waals surface area contributed by atoms with Crippen molar-refractivity contribution in [3.05, 3.63) is 57.0 Å². The zero-order chi connectivity index (χ0) is 13.4. The van der Waals surface area contributed by atoms with Gasteiger partial charge in [-0.25, -0.2) is 0 Å². The first-order valence-electron chi connectivity index (χ1n) is 6.17. The van der Waals surface area contributed by atoms with Gasteiger partial charge in [-0.3, -0.25) is 0 Å². The van der Waals surface area contributed by atoms with E-state index in [4.69, 9.17) is 11.6 Å². The number of fused-ring (bicyclic) bond motifs is 1. The first-order chi connectivity index (χ1) is 9.15. The highest BCUT2D eigenvalue weighted by molar-refractivity contribution is 9.10. The van der Waals surface area contributed by atoms with Crippen molar-refractivity contribution in [1.82, 2.24) is 0 Å². The molecule has 4 heteroatoms. The van der Waals surface area contributed by atoms with Gasteiger partial charge >= 0.3 is 0 Å². The zero-order valence-corrected chi connectivity index (χ0v) is 12.5. The molecule has 3 rings (SSSR count). The summed E-state index contributed by atoms with van der Waals surface area (Å²) >= 11 is 9.62. The Hall–Kier alpha value is -1.19. The van der Waals surface area contributed by atoms with E-state index < -0.39 is 0 Å². The molecule has 0 radical (unpaired) electrons. The Morgan fingerprint density at radius 2 is 2.11 bits per heavy atom. The van der Waals surface area contributed by atoms with E-state index in [-0.39, 0.29) is 6.04 Å². The van der Waals surface area contributed by atoms with Crippen LogP contribution in [0.3, 0.4) is 0 Å². The third kappa shape index (κ3) is 2.45. The van der Waals surface area contributed by atoms with E-state index >= 15 is 0 Å². The summed E-state index contributed by atoms with van der Waals surface area (Å²) in [5, 5.41) is 14.0. The number of halogens is 2. The number of aromatic hydroxyl groups is 1. The van der Waals surface area contributed by atoms with Crippen LogP contribution in [-0.4, -0.2) is 5.11 Å². The summed E-state index contributed by atoms with van der Waals surface area (Å²) in [5.74, 6) is 0.392. The Morgan fingerprint density at radius 1 is 1.26 bits per heavy atom. The molecule has 0 heterocycles. The molecule has 2 aromatic carbocycles. The van der Waals surface area contributed by atoms with Gasteiger partial charge in [-0.2, -0.15) is 0 Å². The lowest BCUT2D eigenvalue weighted by atomic mass is 10.1.